The minimum absolute atomic E-state index is 0.677. The largest absolute Gasteiger partial charge is 0.494 e. The Labute approximate surface area is 121 Å². The Hall–Kier alpha value is -2.08. The molecule has 5 nitrogen and oxygen atoms in total. The number of benzene rings is 1. The number of fused-ring (bicyclic) bond motifs is 1. The van der Waals surface area contributed by atoms with Crippen LogP contribution in [0.15, 0.2) is 30.6 Å². The summed E-state index contributed by atoms with van der Waals surface area (Å²) in [5.74, 6) is 0.891. The van der Waals surface area contributed by atoms with Crippen LogP contribution < -0.4 is 10.1 Å². The second-order valence-electron chi connectivity index (χ2n) is 4.46. The molecule has 2 aromatic heterocycles. The average molecular weight is 288 g/mol. The Morgan fingerprint density at radius 1 is 1.40 bits per heavy atom. The van der Waals surface area contributed by atoms with Gasteiger partial charge in [-0.15, -0.1) is 0 Å². The van der Waals surface area contributed by atoms with Crippen molar-refractivity contribution in [1.82, 2.24) is 14.8 Å². The molecule has 0 aliphatic rings. The van der Waals surface area contributed by atoms with Crippen LogP contribution in [0.1, 0.15) is 12.5 Å². The van der Waals surface area contributed by atoms with Crippen molar-refractivity contribution in [2.45, 2.75) is 13.5 Å². The average Bonchev–Trinajstić information content (AvgIpc) is 3.02. The van der Waals surface area contributed by atoms with Gasteiger partial charge in [0.15, 0.2) is 5.13 Å². The van der Waals surface area contributed by atoms with Gasteiger partial charge in [-0.05, 0) is 25.1 Å². The van der Waals surface area contributed by atoms with Crippen LogP contribution in [0.5, 0.6) is 5.75 Å². The topological polar surface area (TPSA) is 52.0 Å². The van der Waals surface area contributed by atoms with Crippen molar-refractivity contribution in [2.75, 3.05) is 11.9 Å². The lowest BCUT2D eigenvalue weighted by atomic mass is 10.3. The van der Waals surface area contributed by atoms with Gasteiger partial charge < -0.3 is 10.1 Å². The zero-order chi connectivity index (χ0) is 13.9. The quantitative estimate of drug-likeness (QED) is 0.784. The van der Waals surface area contributed by atoms with E-state index in [1.807, 2.05) is 44.6 Å². The molecule has 3 rings (SSSR count). The second kappa shape index (κ2) is 5.50. The number of hydrogen-bond acceptors (Lipinski definition) is 5. The van der Waals surface area contributed by atoms with E-state index in [-0.39, 0.29) is 0 Å². The lowest BCUT2D eigenvalue weighted by Crippen LogP contribution is -1.97. The van der Waals surface area contributed by atoms with E-state index in [1.165, 1.54) is 0 Å². The molecule has 0 bridgehead atoms. The van der Waals surface area contributed by atoms with E-state index in [2.05, 4.69) is 15.4 Å². The third kappa shape index (κ3) is 2.75. The number of aromatic nitrogens is 3. The molecule has 3 aromatic rings. The second-order valence-corrected chi connectivity index (χ2v) is 5.49. The number of rotatable bonds is 5. The third-order valence-electron chi connectivity index (χ3n) is 2.87. The molecule has 1 N–H and O–H groups in total. The van der Waals surface area contributed by atoms with Gasteiger partial charge in [-0.1, -0.05) is 11.3 Å². The summed E-state index contributed by atoms with van der Waals surface area (Å²) in [5, 5.41) is 8.39. The predicted octanol–water partition coefficient (Wildman–Crippen LogP) is 3.04. The number of thiazole rings is 1. The van der Waals surface area contributed by atoms with Crippen LogP contribution in [-0.4, -0.2) is 21.4 Å². The van der Waals surface area contributed by atoms with Gasteiger partial charge >= 0.3 is 0 Å². The minimum atomic E-state index is 0.677. The Bertz CT molecular complexity index is 719. The number of nitrogens with one attached hydrogen (secondary N) is 1. The maximum atomic E-state index is 5.50. The number of nitrogens with zero attached hydrogens (tertiary/aromatic N) is 3. The molecular formula is C14H16N4OS. The van der Waals surface area contributed by atoms with Crippen molar-refractivity contribution in [3.8, 4) is 5.75 Å². The fraction of sp³-hybridized carbons (Fsp3) is 0.286. The van der Waals surface area contributed by atoms with Gasteiger partial charge in [0.25, 0.3) is 0 Å². The van der Waals surface area contributed by atoms with E-state index in [1.54, 1.807) is 16.0 Å². The van der Waals surface area contributed by atoms with Gasteiger partial charge in [0, 0.05) is 25.4 Å². The Balaban J connectivity index is 1.75. The normalized spacial score (nSPS) is 10.9. The maximum absolute atomic E-state index is 5.50. The number of hydrogen-bond donors (Lipinski definition) is 1. The highest BCUT2D eigenvalue weighted by Crippen LogP contribution is 2.29. The number of anilines is 1. The summed E-state index contributed by atoms with van der Waals surface area (Å²) in [5.41, 5.74) is 2.13. The van der Waals surface area contributed by atoms with Crippen molar-refractivity contribution >= 4 is 26.7 Å². The number of ether oxygens (including phenoxy) is 1. The first-order valence-corrected chi connectivity index (χ1v) is 7.31. The summed E-state index contributed by atoms with van der Waals surface area (Å²) in [6, 6.07) is 5.98. The van der Waals surface area contributed by atoms with Crippen LogP contribution in [0, 0.1) is 0 Å². The summed E-state index contributed by atoms with van der Waals surface area (Å²) in [6.07, 6.45) is 3.85. The molecule has 0 fully saturated rings. The van der Waals surface area contributed by atoms with Crippen molar-refractivity contribution < 1.29 is 4.74 Å². The first kappa shape index (κ1) is 12.9. The summed E-state index contributed by atoms with van der Waals surface area (Å²) < 4.78 is 8.43. The highest BCUT2D eigenvalue weighted by molar-refractivity contribution is 7.22. The molecule has 0 atom stereocenters. The molecule has 104 valence electrons. The standard InChI is InChI=1S/C14H16N4OS/c1-3-19-11-4-5-12-13(6-11)20-14(17-12)15-7-10-8-16-18(2)9-10/h4-6,8-9H,3,7H2,1-2H3,(H,15,17). The van der Waals surface area contributed by atoms with E-state index in [9.17, 15) is 0 Å². The molecule has 0 unspecified atom stereocenters. The lowest BCUT2D eigenvalue weighted by molar-refractivity contribution is 0.341. The predicted molar refractivity (Wildman–Crippen MR) is 81.3 cm³/mol. The smallest absolute Gasteiger partial charge is 0.184 e. The Morgan fingerprint density at radius 3 is 3.05 bits per heavy atom. The lowest BCUT2D eigenvalue weighted by Gasteiger charge is -2.00. The summed E-state index contributed by atoms with van der Waals surface area (Å²) in [4.78, 5) is 4.56. The highest BCUT2D eigenvalue weighted by Gasteiger charge is 2.05. The van der Waals surface area contributed by atoms with E-state index < -0.39 is 0 Å². The van der Waals surface area contributed by atoms with Crippen LogP contribution >= 0.6 is 11.3 Å². The molecule has 0 amide bonds. The molecule has 0 saturated carbocycles. The van der Waals surface area contributed by atoms with E-state index in [0.717, 1.165) is 33.2 Å². The van der Waals surface area contributed by atoms with Gasteiger partial charge in [0.2, 0.25) is 0 Å². The summed E-state index contributed by atoms with van der Waals surface area (Å²) in [7, 11) is 1.91. The molecule has 2 heterocycles. The SMILES string of the molecule is CCOc1ccc2nc(NCc3cnn(C)c3)sc2c1. The van der Waals surface area contributed by atoms with Crippen LogP contribution in [0.4, 0.5) is 5.13 Å². The summed E-state index contributed by atoms with van der Waals surface area (Å²) >= 11 is 1.63. The Morgan fingerprint density at radius 2 is 2.30 bits per heavy atom. The first-order valence-electron chi connectivity index (χ1n) is 6.49. The minimum Gasteiger partial charge on any atom is -0.494 e. The monoisotopic (exact) mass is 288 g/mol. The molecule has 0 aliphatic heterocycles. The van der Waals surface area contributed by atoms with Crippen LogP contribution in [0.25, 0.3) is 10.2 Å². The van der Waals surface area contributed by atoms with Crippen molar-refractivity contribution in [2.24, 2.45) is 7.05 Å². The van der Waals surface area contributed by atoms with Crippen molar-refractivity contribution in [3.63, 3.8) is 0 Å². The zero-order valence-corrected chi connectivity index (χ0v) is 12.3. The van der Waals surface area contributed by atoms with E-state index in [4.69, 9.17) is 4.74 Å². The van der Waals surface area contributed by atoms with E-state index >= 15 is 0 Å². The van der Waals surface area contributed by atoms with Gasteiger partial charge in [-0.3, -0.25) is 4.68 Å². The fourth-order valence-electron chi connectivity index (χ4n) is 1.98. The van der Waals surface area contributed by atoms with Crippen LogP contribution in [0.2, 0.25) is 0 Å². The van der Waals surface area contributed by atoms with Gasteiger partial charge in [0.05, 0.1) is 23.0 Å². The van der Waals surface area contributed by atoms with Crippen LogP contribution in [0.3, 0.4) is 0 Å². The maximum Gasteiger partial charge on any atom is 0.184 e. The Kier molecular flexibility index (Phi) is 3.56. The van der Waals surface area contributed by atoms with Gasteiger partial charge in [0.1, 0.15) is 5.75 Å². The van der Waals surface area contributed by atoms with E-state index in [0.29, 0.717) is 6.61 Å². The van der Waals surface area contributed by atoms with Gasteiger partial charge in [-0.2, -0.15) is 5.10 Å². The molecule has 1 aromatic carbocycles. The molecule has 0 saturated heterocycles. The molecule has 6 heteroatoms. The molecule has 0 spiro atoms. The van der Waals surface area contributed by atoms with Crippen molar-refractivity contribution in [1.29, 1.82) is 0 Å². The van der Waals surface area contributed by atoms with Crippen molar-refractivity contribution in [3.05, 3.63) is 36.2 Å². The molecule has 0 aliphatic carbocycles. The zero-order valence-electron chi connectivity index (χ0n) is 11.5. The summed E-state index contributed by atoms with van der Waals surface area (Å²) in [6.45, 7) is 3.39. The van der Waals surface area contributed by atoms with Crippen LogP contribution in [-0.2, 0) is 13.6 Å². The third-order valence-corrected chi connectivity index (χ3v) is 3.85. The molecule has 0 radical (unpaired) electrons. The highest BCUT2D eigenvalue weighted by atomic mass is 32.1. The molecular weight excluding hydrogens is 272 g/mol. The molecule has 20 heavy (non-hydrogen) atoms. The first-order chi connectivity index (χ1) is 9.74. The van der Waals surface area contributed by atoms with Gasteiger partial charge in [-0.25, -0.2) is 4.98 Å². The number of aryl methyl sites for hydroxylation is 1. The fourth-order valence-corrected chi connectivity index (χ4v) is 2.87.